The molecule has 0 heterocycles. The van der Waals surface area contributed by atoms with Gasteiger partial charge in [0.05, 0.1) is 0 Å². The highest BCUT2D eigenvalue weighted by Crippen LogP contribution is 2.19. The summed E-state index contributed by atoms with van der Waals surface area (Å²) in [5, 5.41) is 0. The van der Waals surface area contributed by atoms with E-state index in [0.717, 1.165) is 11.6 Å². The van der Waals surface area contributed by atoms with Crippen molar-refractivity contribution in [2.45, 2.75) is 19.1 Å². The van der Waals surface area contributed by atoms with E-state index in [4.69, 9.17) is 11.1 Å². The van der Waals surface area contributed by atoms with E-state index < -0.39 is 7.38 Å². The second kappa shape index (κ2) is 4.57. The van der Waals surface area contributed by atoms with E-state index in [0.29, 0.717) is 0 Å². The fraction of sp³-hybridized carbons (Fsp3) is 0.333. The molecule has 0 N–H and O–H groups in total. The summed E-state index contributed by atoms with van der Waals surface area (Å²) in [6.07, 6.45) is 5.59. The molecule has 0 spiro atoms. The first kappa shape index (κ1) is 10.7. The molecule has 0 aliphatic carbocycles. The largest absolute Gasteiger partial charge is 0.167 e. The Balaban J connectivity index is 3.89. The van der Waals surface area contributed by atoms with Crippen LogP contribution >= 0.6 is 11.1 Å². The van der Waals surface area contributed by atoms with Crippen LogP contribution in [0.1, 0.15) is 0 Å². The molecule has 11 heavy (non-hydrogen) atoms. The molecule has 0 saturated heterocycles. The van der Waals surface area contributed by atoms with Crippen molar-refractivity contribution in [1.82, 2.24) is 0 Å². The Morgan fingerprint density at radius 3 is 2.45 bits per heavy atom. The summed E-state index contributed by atoms with van der Waals surface area (Å²) in [6, 6.07) is 0.943. The van der Waals surface area contributed by atoms with Gasteiger partial charge in [-0.2, -0.15) is 11.1 Å². The van der Waals surface area contributed by atoms with Crippen molar-refractivity contribution in [3.05, 3.63) is 37.0 Å². The summed E-state index contributed by atoms with van der Waals surface area (Å²) in [4.78, 5) is 0. The van der Waals surface area contributed by atoms with Crippen molar-refractivity contribution in [2.75, 3.05) is 0 Å². The quantitative estimate of drug-likeness (QED) is 0.357. The van der Waals surface area contributed by atoms with Crippen LogP contribution in [0, 0.1) is 0 Å². The standard InChI is InChI=1S/C9H15ClSi/c1-5-6-7-9(2)8-11(3,4)10/h5-7H,1-2,8H2,3-4H3/b7-6-. The molecular weight excluding hydrogens is 172 g/mol. The molecule has 0 unspecified atom stereocenters. The molecule has 0 bridgehead atoms. The van der Waals surface area contributed by atoms with Crippen molar-refractivity contribution in [3.8, 4) is 0 Å². The second-order valence-corrected chi connectivity index (χ2v) is 10.0. The van der Waals surface area contributed by atoms with Crippen LogP contribution in [0.25, 0.3) is 0 Å². The molecule has 0 aromatic rings. The van der Waals surface area contributed by atoms with Crippen LogP contribution in [-0.2, 0) is 0 Å². The van der Waals surface area contributed by atoms with Gasteiger partial charge in [-0.25, -0.2) is 0 Å². The maximum absolute atomic E-state index is 6.13. The first-order chi connectivity index (χ1) is 4.95. The Morgan fingerprint density at radius 2 is 2.09 bits per heavy atom. The summed E-state index contributed by atoms with van der Waals surface area (Å²) < 4.78 is 0. The van der Waals surface area contributed by atoms with Crippen LogP contribution in [0.4, 0.5) is 0 Å². The zero-order chi connectivity index (χ0) is 8.91. The van der Waals surface area contributed by atoms with Crippen molar-refractivity contribution in [1.29, 1.82) is 0 Å². The highest BCUT2D eigenvalue weighted by molar-refractivity contribution is 7.19. The maximum Gasteiger partial charge on any atom is 0.154 e. The Morgan fingerprint density at radius 1 is 1.55 bits per heavy atom. The molecule has 0 aromatic carbocycles. The van der Waals surface area contributed by atoms with Gasteiger partial charge in [-0.15, -0.1) is 0 Å². The third kappa shape index (κ3) is 7.63. The topological polar surface area (TPSA) is 0 Å². The highest BCUT2D eigenvalue weighted by Gasteiger charge is 2.16. The average molecular weight is 187 g/mol. The van der Waals surface area contributed by atoms with Crippen molar-refractivity contribution in [2.24, 2.45) is 0 Å². The predicted octanol–water partition coefficient (Wildman–Crippen LogP) is 3.73. The van der Waals surface area contributed by atoms with Crippen LogP contribution in [0.2, 0.25) is 19.1 Å². The molecule has 0 nitrogen and oxygen atoms in total. The van der Waals surface area contributed by atoms with Gasteiger partial charge in [0.1, 0.15) is 0 Å². The molecule has 0 aliphatic rings. The number of halogens is 1. The monoisotopic (exact) mass is 186 g/mol. The Hall–Kier alpha value is -0.273. The first-order valence-corrected chi connectivity index (χ1v) is 7.83. The minimum Gasteiger partial charge on any atom is -0.167 e. The Kier molecular flexibility index (Phi) is 4.46. The predicted molar refractivity (Wildman–Crippen MR) is 56.6 cm³/mol. The number of hydrogen-bond donors (Lipinski definition) is 0. The van der Waals surface area contributed by atoms with Crippen LogP contribution < -0.4 is 0 Å². The molecule has 0 amide bonds. The van der Waals surface area contributed by atoms with E-state index in [-0.39, 0.29) is 0 Å². The van der Waals surface area contributed by atoms with E-state index in [2.05, 4.69) is 26.3 Å². The van der Waals surface area contributed by atoms with Gasteiger partial charge in [0.15, 0.2) is 7.38 Å². The molecular formula is C9H15ClSi. The fourth-order valence-electron chi connectivity index (χ4n) is 0.803. The van der Waals surface area contributed by atoms with Gasteiger partial charge < -0.3 is 0 Å². The minimum atomic E-state index is -1.48. The van der Waals surface area contributed by atoms with E-state index in [1.807, 2.05) is 12.2 Å². The van der Waals surface area contributed by atoms with Crippen molar-refractivity contribution in [3.63, 3.8) is 0 Å². The van der Waals surface area contributed by atoms with E-state index in [1.165, 1.54) is 0 Å². The molecule has 0 aromatic heterocycles. The molecule has 0 rings (SSSR count). The lowest BCUT2D eigenvalue weighted by molar-refractivity contribution is 1.47. The second-order valence-electron chi connectivity index (χ2n) is 3.15. The van der Waals surface area contributed by atoms with Crippen LogP contribution in [0.3, 0.4) is 0 Å². The van der Waals surface area contributed by atoms with Gasteiger partial charge in [0, 0.05) is 0 Å². The lowest BCUT2D eigenvalue weighted by Crippen LogP contribution is -2.15. The molecule has 0 aliphatic heterocycles. The summed E-state index contributed by atoms with van der Waals surface area (Å²) in [5.41, 5.74) is 1.09. The van der Waals surface area contributed by atoms with E-state index in [1.54, 1.807) is 6.08 Å². The number of allylic oxidation sites excluding steroid dienone is 4. The van der Waals surface area contributed by atoms with Crippen molar-refractivity contribution < 1.29 is 0 Å². The normalized spacial score (nSPS) is 11.9. The van der Waals surface area contributed by atoms with Crippen molar-refractivity contribution >= 4 is 18.5 Å². The van der Waals surface area contributed by atoms with Crippen LogP contribution in [0.5, 0.6) is 0 Å². The number of hydrogen-bond acceptors (Lipinski definition) is 0. The van der Waals surface area contributed by atoms with E-state index in [9.17, 15) is 0 Å². The zero-order valence-electron chi connectivity index (χ0n) is 7.23. The van der Waals surface area contributed by atoms with Gasteiger partial charge in [-0.3, -0.25) is 0 Å². The molecule has 0 fully saturated rings. The molecule has 0 atom stereocenters. The van der Waals surface area contributed by atoms with Gasteiger partial charge in [0.2, 0.25) is 0 Å². The summed E-state index contributed by atoms with van der Waals surface area (Å²) in [6.45, 7) is 11.7. The molecule has 0 radical (unpaired) electrons. The maximum atomic E-state index is 6.13. The zero-order valence-corrected chi connectivity index (χ0v) is 8.99. The Labute approximate surface area is 75.0 Å². The molecule has 62 valence electrons. The van der Waals surface area contributed by atoms with Gasteiger partial charge in [-0.1, -0.05) is 50.1 Å². The molecule has 2 heteroatoms. The smallest absolute Gasteiger partial charge is 0.154 e. The van der Waals surface area contributed by atoms with Gasteiger partial charge in [0.25, 0.3) is 0 Å². The summed E-state index contributed by atoms with van der Waals surface area (Å²) in [7, 11) is -1.48. The highest BCUT2D eigenvalue weighted by atomic mass is 35.6. The minimum absolute atomic E-state index is 0.943. The average Bonchev–Trinajstić information content (AvgIpc) is 1.79. The van der Waals surface area contributed by atoms with Gasteiger partial charge >= 0.3 is 0 Å². The Bertz CT molecular complexity index is 174. The van der Waals surface area contributed by atoms with E-state index >= 15 is 0 Å². The SMILES string of the molecule is C=C/C=C\C(=C)C[Si](C)(C)Cl. The van der Waals surface area contributed by atoms with Crippen LogP contribution in [0.15, 0.2) is 37.0 Å². The summed E-state index contributed by atoms with van der Waals surface area (Å²) in [5.74, 6) is 0. The van der Waals surface area contributed by atoms with Crippen LogP contribution in [-0.4, -0.2) is 7.38 Å². The summed E-state index contributed by atoms with van der Waals surface area (Å²) >= 11 is 6.13. The lowest BCUT2D eigenvalue weighted by Gasteiger charge is -2.11. The number of rotatable bonds is 4. The first-order valence-electron chi connectivity index (χ1n) is 3.61. The van der Waals surface area contributed by atoms with Gasteiger partial charge in [-0.05, 0) is 6.04 Å². The lowest BCUT2D eigenvalue weighted by atomic mass is 10.3. The fourth-order valence-corrected chi connectivity index (χ4v) is 2.52. The third-order valence-electron chi connectivity index (χ3n) is 1.12. The third-order valence-corrected chi connectivity index (χ3v) is 2.81. The molecule has 0 saturated carbocycles.